The van der Waals surface area contributed by atoms with Gasteiger partial charge in [-0.15, -0.1) is 0 Å². The molecule has 1 aromatic carbocycles. The topological polar surface area (TPSA) is 80.3 Å². The van der Waals surface area contributed by atoms with Gasteiger partial charge in [0.05, 0.1) is 0 Å². The van der Waals surface area contributed by atoms with Gasteiger partial charge in [-0.25, -0.2) is 0 Å². The fraction of sp³-hybridized carbons (Fsp3) is 0.350. The summed E-state index contributed by atoms with van der Waals surface area (Å²) in [6.07, 6.45) is 3.37. The molecule has 0 unspecified atom stereocenters. The summed E-state index contributed by atoms with van der Waals surface area (Å²) in [6, 6.07) is 10.5. The Labute approximate surface area is 154 Å². The molecule has 2 N–H and O–H groups in total. The Hall–Kier alpha value is -2.89. The van der Waals surface area contributed by atoms with Crippen molar-refractivity contribution in [2.45, 2.75) is 33.4 Å². The fourth-order valence-electron chi connectivity index (χ4n) is 2.34. The quantitative estimate of drug-likeness (QED) is 0.761. The molecular weight excluding hydrogens is 330 g/mol. The Bertz CT molecular complexity index is 715. The third-order valence-electron chi connectivity index (χ3n) is 3.85. The van der Waals surface area contributed by atoms with Gasteiger partial charge in [-0.1, -0.05) is 37.6 Å². The summed E-state index contributed by atoms with van der Waals surface area (Å²) in [5.74, 6) is 0.00782. The van der Waals surface area contributed by atoms with Crippen molar-refractivity contribution >= 4 is 11.8 Å². The van der Waals surface area contributed by atoms with Crippen LogP contribution in [-0.4, -0.2) is 29.4 Å². The van der Waals surface area contributed by atoms with Gasteiger partial charge < -0.3 is 15.4 Å². The monoisotopic (exact) mass is 355 g/mol. The number of benzene rings is 1. The normalized spacial score (nSPS) is 11.7. The van der Waals surface area contributed by atoms with Gasteiger partial charge in [0.2, 0.25) is 5.91 Å². The lowest BCUT2D eigenvalue weighted by Crippen LogP contribution is -2.50. The van der Waals surface area contributed by atoms with Crippen LogP contribution in [0.15, 0.2) is 48.8 Å². The third-order valence-corrected chi connectivity index (χ3v) is 3.85. The Kier molecular flexibility index (Phi) is 7.14. The summed E-state index contributed by atoms with van der Waals surface area (Å²) < 4.78 is 5.46. The van der Waals surface area contributed by atoms with Crippen molar-refractivity contribution in [3.05, 3.63) is 59.9 Å². The van der Waals surface area contributed by atoms with Crippen LogP contribution in [0.3, 0.4) is 0 Å². The lowest BCUT2D eigenvalue weighted by molar-refractivity contribution is -0.131. The van der Waals surface area contributed by atoms with Crippen LogP contribution in [0.25, 0.3) is 0 Å². The number of hydrogen-bond acceptors (Lipinski definition) is 4. The number of aromatic nitrogens is 1. The van der Waals surface area contributed by atoms with E-state index in [9.17, 15) is 9.59 Å². The Morgan fingerprint density at radius 3 is 2.50 bits per heavy atom. The third kappa shape index (κ3) is 6.20. The molecule has 1 atom stereocenters. The molecule has 0 fully saturated rings. The first-order valence-electron chi connectivity index (χ1n) is 8.61. The molecule has 26 heavy (non-hydrogen) atoms. The van der Waals surface area contributed by atoms with Crippen molar-refractivity contribution in [1.82, 2.24) is 15.6 Å². The molecular formula is C20H25N3O3. The summed E-state index contributed by atoms with van der Waals surface area (Å²) in [5, 5.41) is 5.57. The summed E-state index contributed by atoms with van der Waals surface area (Å²) in [6.45, 7) is 5.98. The number of pyridine rings is 1. The molecule has 138 valence electrons. The van der Waals surface area contributed by atoms with Gasteiger partial charge in [-0.3, -0.25) is 14.6 Å². The van der Waals surface area contributed by atoms with Crippen molar-refractivity contribution in [3.8, 4) is 5.75 Å². The van der Waals surface area contributed by atoms with Crippen molar-refractivity contribution in [1.29, 1.82) is 0 Å². The molecule has 2 rings (SSSR count). The number of amides is 2. The smallest absolute Gasteiger partial charge is 0.258 e. The number of ether oxygens (including phenoxy) is 1. The highest BCUT2D eigenvalue weighted by Gasteiger charge is 2.24. The van der Waals surface area contributed by atoms with E-state index in [0.717, 1.165) is 11.1 Å². The van der Waals surface area contributed by atoms with E-state index in [4.69, 9.17) is 4.74 Å². The lowest BCUT2D eigenvalue weighted by Gasteiger charge is -2.21. The molecule has 2 amide bonds. The summed E-state index contributed by atoms with van der Waals surface area (Å²) >= 11 is 0. The first kappa shape index (κ1) is 19.4. The van der Waals surface area contributed by atoms with Crippen LogP contribution in [-0.2, 0) is 16.1 Å². The number of nitrogens with zero attached hydrogens (tertiary/aromatic N) is 1. The maximum atomic E-state index is 12.4. The molecule has 0 radical (unpaired) electrons. The van der Waals surface area contributed by atoms with Crippen LogP contribution in [0.4, 0.5) is 0 Å². The van der Waals surface area contributed by atoms with E-state index >= 15 is 0 Å². The molecule has 0 bridgehead atoms. The van der Waals surface area contributed by atoms with Crippen molar-refractivity contribution in [2.75, 3.05) is 6.61 Å². The largest absolute Gasteiger partial charge is 0.484 e. The molecule has 6 nitrogen and oxygen atoms in total. The number of carbonyl (C=O) groups is 2. The number of hydrogen-bond donors (Lipinski definition) is 2. The minimum atomic E-state index is -0.624. The molecule has 0 spiro atoms. The summed E-state index contributed by atoms with van der Waals surface area (Å²) in [5.41, 5.74) is 2.02. The molecule has 0 saturated heterocycles. The molecule has 6 heteroatoms. The van der Waals surface area contributed by atoms with E-state index in [2.05, 4.69) is 15.6 Å². The molecule has 2 aromatic rings. The number of rotatable bonds is 8. The average Bonchev–Trinajstić information content (AvgIpc) is 2.64. The highest BCUT2D eigenvalue weighted by molar-refractivity contribution is 5.88. The van der Waals surface area contributed by atoms with Crippen molar-refractivity contribution in [2.24, 2.45) is 5.92 Å². The highest BCUT2D eigenvalue weighted by Crippen LogP contribution is 2.11. The van der Waals surface area contributed by atoms with Gasteiger partial charge in [-0.2, -0.15) is 0 Å². The zero-order chi connectivity index (χ0) is 18.9. The zero-order valence-electron chi connectivity index (χ0n) is 15.4. The lowest BCUT2D eigenvalue weighted by atomic mass is 10.0. The number of aryl methyl sites for hydroxylation is 1. The maximum Gasteiger partial charge on any atom is 0.258 e. The van der Waals surface area contributed by atoms with Gasteiger partial charge in [-0.05, 0) is 36.6 Å². The molecule has 0 aliphatic heterocycles. The van der Waals surface area contributed by atoms with Crippen LogP contribution in [0.1, 0.15) is 25.0 Å². The minimum Gasteiger partial charge on any atom is -0.484 e. The van der Waals surface area contributed by atoms with Gasteiger partial charge in [0.25, 0.3) is 5.91 Å². The molecule has 0 aliphatic rings. The SMILES string of the molecule is Cc1ccc(OCC(=O)N[C@H](C(=O)NCc2cccnc2)C(C)C)cc1. The van der Waals surface area contributed by atoms with E-state index < -0.39 is 6.04 Å². The van der Waals surface area contributed by atoms with Crippen molar-refractivity contribution < 1.29 is 14.3 Å². The standard InChI is InChI=1S/C20H25N3O3/c1-14(2)19(20(25)22-12-16-5-4-10-21-11-16)23-18(24)13-26-17-8-6-15(3)7-9-17/h4-11,14,19H,12-13H2,1-3H3,(H,22,25)(H,23,24)/t19-/m0/s1. The van der Waals surface area contributed by atoms with E-state index in [0.29, 0.717) is 12.3 Å². The fourth-order valence-corrected chi connectivity index (χ4v) is 2.34. The van der Waals surface area contributed by atoms with E-state index in [-0.39, 0.29) is 24.3 Å². The molecule has 1 heterocycles. The van der Waals surface area contributed by atoms with Crippen LogP contribution in [0, 0.1) is 12.8 Å². The minimum absolute atomic E-state index is 0.0489. The van der Waals surface area contributed by atoms with Gasteiger partial charge in [0, 0.05) is 18.9 Å². The Morgan fingerprint density at radius 2 is 1.88 bits per heavy atom. The Balaban J connectivity index is 1.84. The van der Waals surface area contributed by atoms with Crippen LogP contribution in [0.5, 0.6) is 5.75 Å². The number of carbonyl (C=O) groups excluding carboxylic acids is 2. The van der Waals surface area contributed by atoms with Gasteiger partial charge >= 0.3 is 0 Å². The van der Waals surface area contributed by atoms with E-state index in [1.165, 1.54) is 0 Å². The first-order valence-corrected chi connectivity index (χ1v) is 8.61. The predicted molar refractivity (Wildman–Crippen MR) is 99.5 cm³/mol. The first-order chi connectivity index (χ1) is 12.5. The van der Waals surface area contributed by atoms with Crippen LogP contribution in [0.2, 0.25) is 0 Å². The average molecular weight is 355 g/mol. The van der Waals surface area contributed by atoms with E-state index in [1.54, 1.807) is 12.4 Å². The second-order valence-corrected chi connectivity index (χ2v) is 6.47. The second kappa shape index (κ2) is 9.56. The van der Waals surface area contributed by atoms with Crippen LogP contribution >= 0.6 is 0 Å². The van der Waals surface area contributed by atoms with Gasteiger partial charge in [0.15, 0.2) is 6.61 Å². The summed E-state index contributed by atoms with van der Waals surface area (Å²) in [7, 11) is 0. The molecule has 0 aliphatic carbocycles. The summed E-state index contributed by atoms with van der Waals surface area (Å²) in [4.78, 5) is 28.6. The molecule has 1 aromatic heterocycles. The Morgan fingerprint density at radius 1 is 1.15 bits per heavy atom. The second-order valence-electron chi connectivity index (χ2n) is 6.47. The van der Waals surface area contributed by atoms with Crippen LogP contribution < -0.4 is 15.4 Å². The maximum absolute atomic E-state index is 12.4. The predicted octanol–water partition coefficient (Wildman–Crippen LogP) is 2.23. The highest BCUT2D eigenvalue weighted by atomic mass is 16.5. The van der Waals surface area contributed by atoms with Gasteiger partial charge in [0.1, 0.15) is 11.8 Å². The molecule has 0 saturated carbocycles. The number of nitrogens with one attached hydrogen (secondary N) is 2. The zero-order valence-corrected chi connectivity index (χ0v) is 15.4. The van der Waals surface area contributed by atoms with Crippen molar-refractivity contribution in [3.63, 3.8) is 0 Å². The van der Waals surface area contributed by atoms with E-state index in [1.807, 2.05) is 57.2 Å².